The number of carbonyl (C=O) groups excluding carboxylic acids is 3. The molecule has 3 amide bonds. The van der Waals surface area contributed by atoms with E-state index in [4.69, 9.17) is 0 Å². The van der Waals surface area contributed by atoms with Gasteiger partial charge in [0.05, 0.1) is 11.2 Å². The Morgan fingerprint density at radius 2 is 1.65 bits per heavy atom. The molecule has 0 aliphatic carbocycles. The molecule has 0 radical (unpaired) electrons. The maximum absolute atomic E-state index is 12.6. The molecule has 0 aliphatic rings. The number of benzene rings is 3. The molecule has 2 heterocycles. The smallest absolute Gasteiger partial charge is 0.308 e. The number of carbonyl (C=O) groups is 3. The minimum absolute atomic E-state index is 0.205. The number of anilines is 1. The van der Waals surface area contributed by atoms with Gasteiger partial charge in [0.1, 0.15) is 5.69 Å². The molecular formula is C28H19N5O3S. The topological polar surface area (TPSA) is 114 Å². The molecule has 0 fully saturated rings. The van der Waals surface area contributed by atoms with E-state index < -0.39 is 11.9 Å². The lowest BCUT2D eigenvalue weighted by Gasteiger charge is -2.07. The molecule has 0 saturated heterocycles. The number of aromatic nitrogens is 3. The van der Waals surface area contributed by atoms with Gasteiger partial charge >= 0.3 is 6.03 Å². The predicted molar refractivity (Wildman–Crippen MR) is 143 cm³/mol. The van der Waals surface area contributed by atoms with Crippen molar-refractivity contribution in [3.05, 3.63) is 113 Å². The SMILES string of the molecule is O=C(NC(=O)c1ccccc1)Nc1ccc(C(=O)/C=C/c2ccc3cc(-c4csnn4)ccc3n2)cc1. The van der Waals surface area contributed by atoms with Gasteiger partial charge < -0.3 is 5.32 Å². The molecule has 9 heteroatoms. The summed E-state index contributed by atoms with van der Waals surface area (Å²) in [6.07, 6.45) is 3.12. The highest BCUT2D eigenvalue weighted by molar-refractivity contribution is 7.03. The fourth-order valence-corrected chi connectivity index (χ4v) is 4.05. The molecule has 2 aromatic heterocycles. The Morgan fingerprint density at radius 3 is 2.41 bits per heavy atom. The summed E-state index contributed by atoms with van der Waals surface area (Å²) < 4.78 is 3.90. The minimum Gasteiger partial charge on any atom is -0.308 e. The number of amides is 3. The second-order valence-electron chi connectivity index (χ2n) is 7.98. The van der Waals surface area contributed by atoms with Gasteiger partial charge in [0.25, 0.3) is 5.91 Å². The third-order valence-electron chi connectivity index (χ3n) is 5.46. The van der Waals surface area contributed by atoms with E-state index in [1.807, 2.05) is 35.7 Å². The Morgan fingerprint density at radius 1 is 0.838 bits per heavy atom. The van der Waals surface area contributed by atoms with E-state index in [1.165, 1.54) is 17.6 Å². The van der Waals surface area contributed by atoms with Crippen LogP contribution in [0.5, 0.6) is 0 Å². The van der Waals surface area contributed by atoms with Crippen LogP contribution in [0.25, 0.3) is 28.2 Å². The van der Waals surface area contributed by atoms with E-state index in [0.29, 0.717) is 22.5 Å². The van der Waals surface area contributed by atoms with Crippen LogP contribution in [0.4, 0.5) is 10.5 Å². The van der Waals surface area contributed by atoms with Gasteiger partial charge in [-0.25, -0.2) is 9.78 Å². The summed E-state index contributed by atoms with van der Waals surface area (Å²) in [5.41, 5.74) is 4.53. The maximum Gasteiger partial charge on any atom is 0.326 e. The van der Waals surface area contributed by atoms with Gasteiger partial charge in [-0.2, -0.15) is 0 Å². The number of allylic oxidation sites excluding steroid dienone is 1. The summed E-state index contributed by atoms with van der Waals surface area (Å²) in [5.74, 6) is -0.710. The lowest BCUT2D eigenvalue weighted by Crippen LogP contribution is -2.34. The van der Waals surface area contributed by atoms with Crippen molar-refractivity contribution in [2.75, 3.05) is 5.32 Å². The highest BCUT2D eigenvalue weighted by Crippen LogP contribution is 2.23. The molecule has 0 spiro atoms. The lowest BCUT2D eigenvalue weighted by atomic mass is 10.1. The van der Waals surface area contributed by atoms with E-state index in [9.17, 15) is 14.4 Å². The molecule has 3 aromatic carbocycles. The van der Waals surface area contributed by atoms with Gasteiger partial charge in [-0.3, -0.25) is 14.9 Å². The first kappa shape index (κ1) is 23.7. The Labute approximate surface area is 215 Å². The van der Waals surface area contributed by atoms with Gasteiger partial charge in [0.2, 0.25) is 0 Å². The quantitative estimate of drug-likeness (QED) is 0.229. The van der Waals surface area contributed by atoms with Crippen LogP contribution in [0.3, 0.4) is 0 Å². The highest BCUT2D eigenvalue weighted by Gasteiger charge is 2.10. The van der Waals surface area contributed by atoms with E-state index in [1.54, 1.807) is 60.7 Å². The third-order valence-corrected chi connectivity index (χ3v) is 5.97. The number of rotatable bonds is 6. The first-order valence-corrected chi connectivity index (χ1v) is 12.1. The fourth-order valence-electron chi connectivity index (χ4n) is 3.59. The molecule has 0 atom stereocenters. The van der Waals surface area contributed by atoms with E-state index >= 15 is 0 Å². The molecule has 0 aliphatic heterocycles. The summed E-state index contributed by atoms with van der Waals surface area (Å²) in [7, 11) is 0. The average molecular weight is 506 g/mol. The maximum atomic E-state index is 12.6. The van der Waals surface area contributed by atoms with Crippen molar-refractivity contribution < 1.29 is 14.4 Å². The number of urea groups is 1. The van der Waals surface area contributed by atoms with Gasteiger partial charge in [-0.1, -0.05) is 34.8 Å². The Balaban J connectivity index is 1.20. The van der Waals surface area contributed by atoms with Crippen molar-refractivity contribution in [3.8, 4) is 11.3 Å². The molecule has 0 bridgehead atoms. The minimum atomic E-state index is -0.662. The molecule has 0 unspecified atom stereocenters. The third kappa shape index (κ3) is 5.80. The van der Waals surface area contributed by atoms with Crippen molar-refractivity contribution in [2.45, 2.75) is 0 Å². The van der Waals surface area contributed by atoms with Crippen LogP contribution in [0, 0.1) is 0 Å². The predicted octanol–water partition coefficient (Wildman–Crippen LogP) is 5.61. The van der Waals surface area contributed by atoms with Crippen LogP contribution in [-0.4, -0.2) is 32.3 Å². The van der Waals surface area contributed by atoms with Crippen LogP contribution in [0.2, 0.25) is 0 Å². The Kier molecular flexibility index (Phi) is 6.87. The monoisotopic (exact) mass is 505 g/mol. The van der Waals surface area contributed by atoms with Crippen LogP contribution < -0.4 is 10.6 Å². The van der Waals surface area contributed by atoms with Gasteiger partial charge in [-0.15, -0.1) is 5.10 Å². The molecule has 8 nitrogen and oxygen atoms in total. The van der Waals surface area contributed by atoms with Crippen LogP contribution in [0.15, 0.2) is 96.4 Å². The second-order valence-corrected chi connectivity index (χ2v) is 8.59. The number of pyridine rings is 1. The largest absolute Gasteiger partial charge is 0.326 e. The van der Waals surface area contributed by atoms with E-state index in [2.05, 4.69) is 25.2 Å². The summed E-state index contributed by atoms with van der Waals surface area (Å²) in [6.45, 7) is 0. The second kappa shape index (κ2) is 10.7. The molecule has 37 heavy (non-hydrogen) atoms. The van der Waals surface area contributed by atoms with Gasteiger partial charge in [0, 0.05) is 33.1 Å². The molecule has 2 N–H and O–H groups in total. The number of imide groups is 1. The van der Waals surface area contributed by atoms with E-state index in [-0.39, 0.29) is 5.78 Å². The van der Waals surface area contributed by atoms with Crippen molar-refractivity contribution in [1.82, 2.24) is 19.9 Å². The molecule has 5 aromatic rings. The highest BCUT2D eigenvalue weighted by atomic mass is 32.1. The van der Waals surface area contributed by atoms with Crippen LogP contribution in [0.1, 0.15) is 26.4 Å². The first-order valence-electron chi connectivity index (χ1n) is 11.2. The summed E-state index contributed by atoms with van der Waals surface area (Å²) in [6, 6.07) is 23.8. The Bertz CT molecular complexity index is 1620. The normalized spacial score (nSPS) is 10.9. The summed E-state index contributed by atoms with van der Waals surface area (Å²) in [4.78, 5) is 41.4. The van der Waals surface area contributed by atoms with Crippen molar-refractivity contribution >= 4 is 51.9 Å². The van der Waals surface area contributed by atoms with Crippen LogP contribution >= 0.6 is 11.5 Å². The number of fused-ring (bicyclic) bond motifs is 1. The summed E-state index contributed by atoms with van der Waals surface area (Å²) >= 11 is 1.30. The number of hydrogen-bond donors (Lipinski definition) is 2. The molecule has 180 valence electrons. The zero-order valence-corrected chi connectivity index (χ0v) is 20.1. The summed E-state index contributed by atoms with van der Waals surface area (Å²) in [5, 5.41) is 11.8. The molecule has 0 saturated carbocycles. The number of ketones is 1. The lowest BCUT2D eigenvalue weighted by molar-refractivity contribution is 0.0966. The Hall–Kier alpha value is -5.02. The van der Waals surface area contributed by atoms with Gasteiger partial charge in [0.15, 0.2) is 5.78 Å². The number of nitrogens with one attached hydrogen (secondary N) is 2. The van der Waals surface area contributed by atoms with Crippen molar-refractivity contribution in [1.29, 1.82) is 0 Å². The average Bonchev–Trinajstić information content (AvgIpc) is 3.47. The standard InChI is InChI=1S/C28H19N5O3S/c34-26(15-13-22-12-8-20-16-21(9-14-24(20)29-22)25-17-37-33-32-25)18-6-10-23(11-7-18)30-28(36)31-27(35)19-4-2-1-3-5-19/h1-17H,(H2,30,31,35,36)/b15-13+. The molecular weight excluding hydrogens is 486 g/mol. The zero-order valence-electron chi connectivity index (χ0n) is 19.3. The van der Waals surface area contributed by atoms with Crippen LogP contribution in [-0.2, 0) is 0 Å². The fraction of sp³-hybridized carbons (Fsp3) is 0. The zero-order chi connectivity index (χ0) is 25.6. The molecule has 5 rings (SSSR count). The van der Waals surface area contributed by atoms with Crippen molar-refractivity contribution in [3.63, 3.8) is 0 Å². The van der Waals surface area contributed by atoms with Gasteiger partial charge in [-0.05, 0) is 78.3 Å². The van der Waals surface area contributed by atoms with E-state index in [0.717, 1.165) is 22.2 Å². The first-order chi connectivity index (χ1) is 18.0. The van der Waals surface area contributed by atoms with Crippen molar-refractivity contribution in [2.24, 2.45) is 0 Å². The number of nitrogens with zero attached hydrogens (tertiary/aromatic N) is 3. The number of hydrogen-bond acceptors (Lipinski definition) is 7.